The Hall–Kier alpha value is -2.02. The summed E-state index contributed by atoms with van der Waals surface area (Å²) in [7, 11) is 0. The van der Waals surface area contributed by atoms with Crippen molar-refractivity contribution in [3.63, 3.8) is 0 Å². The second-order valence-electron chi connectivity index (χ2n) is 6.01. The van der Waals surface area contributed by atoms with Crippen LogP contribution in [0.5, 0.6) is 0 Å². The number of rotatable bonds is 4. The minimum absolute atomic E-state index is 0.0363. The Morgan fingerprint density at radius 1 is 1.39 bits per heavy atom. The van der Waals surface area contributed by atoms with Crippen LogP contribution < -0.4 is 0 Å². The van der Waals surface area contributed by atoms with Crippen LogP contribution in [0.15, 0.2) is 18.2 Å². The van der Waals surface area contributed by atoms with Gasteiger partial charge in [0.25, 0.3) is 5.91 Å². The molecule has 0 saturated carbocycles. The number of ether oxygens (including phenoxy) is 1. The number of carbonyl (C=O) groups is 2. The van der Waals surface area contributed by atoms with E-state index >= 15 is 0 Å². The number of halogens is 2. The highest BCUT2D eigenvalue weighted by molar-refractivity contribution is 5.89. The monoisotopic (exact) mass is 327 g/mol. The summed E-state index contributed by atoms with van der Waals surface area (Å²) >= 11 is 0. The molecular formula is C16H19F2NO4. The average molecular weight is 327 g/mol. The van der Waals surface area contributed by atoms with E-state index in [1.54, 1.807) is 20.8 Å². The number of amides is 1. The van der Waals surface area contributed by atoms with E-state index in [-0.39, 0.29) is 18.6 Å². The number of nitrogens with zero attached hydrogens (tertiary/aromatic N) is 1. The maximum Gasteiger partial charge on any atom is 0.326 e. The number of carboxylic acid groups (broad SMARTS) is 1. The van der Waals surface area contributed by atoms with Gasteiger partial charge in [0.1, 0.15) is 23.3 Å². The standard InChI is InChI=1S/C16H19F2NO4/c1-4-12(14(20)21)19-13(8-23-16(2,3)15(19)22)9-5-10(17)7-11(18)6-9/h5-7,12-13H,4,8H2,1-3H3,(H,20,21)/t12?,13-/m0/s1. The number of hydrogen-bond acceptors (Lipinski definition) is 3. The van der Waals surface area contributed by atoms with Crippen molar-refractivity contribution >= 4 is 11.9 Å². The van der Waals surface area contributed by atoms with E-state index in [9.17, 15) is 23.5 Å². The molecule has 0 spiro atoms. The summed E-state index contributed by atoms with van der Waals surface area (Å²) < 4.78 is 32.5. The molecule has 2 rings (SSSR count). The number of morpholine rings is 1. The Kier molecular flexibility index (Phi) is 4.70. The van der Waals surface area contributed by atoms with Crippen LogP contribution in [0, 0.1) is 11.6 Å². The third kappa shape index (κ3) is 3.34. The van der Waals surface area contributed by atoms with E-state index in [1.165, 1.54) is 4.90 Å². The normalized spacial score (nSPS) is 22.0. The SMILES string of the molecule is CCC(C(=O)O)N1C(=O)C(C)(C)OC[C@H]1c1cc(F)cc(F)c1. The number of benzene rings is 1. The first-order valence-corrected chi connectivity index (χ1v) is 7.33. The lowest BCUT2D eigenvalue weighted by Gasteiger charge is -2.45. The Labute approximate surface area is 132 Å². The van der Waals surface area contributed by atoms with Crippen LogP contribution >= 0.6 is 0 Å². The molecule has 1 aromatic rings. The summed E-state index contributed by atoms with van der Waals surface area (Å²) in [6.45, 7) is 4.68. The summed E-state index contributed by atoms with van der Waals surface area (Å²) in [6, 6.07) is 0.940. The molecule has 1 aromatic carbocycles. The van der Waals surface area contributed by atoms with Gasteiger partial charge >= 0.3 is 5.97 Å². The van der Waals surface area contributed by atoms with Gasteiger partial charge in [0.15, 0.2) is 0 Å². The highest BCUT2D eigenvalue weighted by Gasteiger charge is 2.46. The largest absolute Gasteiger partial charge is 0.480 e. The summed E-state index contributed by atoms with van der Waals surface area (Å²) in [5, 5.41) is 9.40. The minimum atomic E-state index is -1.19. The predicted molar refractivity (Wildman–Crippen MR) is 77.7 cm³/mol. The lowest BCUT2D eigenvalue weighted by Crippen LogP contribution is -2.59. The summed E-state index contributed by atoms with van der Waals surface area (Å²) in [5.41, 5.74) is -1.02. The first kappa shape index (κ1) is 17.3. The topological polar surface area (TPSA) is 66.8 Å². The molecule has 1 N–H and O–H groups in total. The first-order valence-electron chi connectivity index (χ1n) is 7.33. The zero-order chi connectivity index (χ0) is 17.4. The average Bonchev–Trinajstić information content (AvgIpc) is 2.43. The van der Waals surface area contributed by atoms with Crippen molar-refractivity contribution in [1.82, 2.24) is 4.90 Å². The second-order valence-corrected chi connectivity index (χ2v) is 6.01. The smallest absolute Gasteiger partial charge is 0.326 e. The third-order valence-corrected chi connectivity index (χ3v) is 3.96. The Bertz CT molecular complexity index is 612. The number of aliphatic carboxylic acids is 1. The molecular weight excluding hydrogens is 308 g/mol. The molecule has 126 valence electrons. The molecule has 1 aliphatic heterocycles. The van der Waals surface area contributed by atoms with Gasteiger partial charge in [-0.3, -0.25) is 4.79 Å². The molecule has 23 heavy (non-hydrogen) atoms. The molecule has 5 nitrogen and oxygen atoms in total. The number of carbonyl (C=O) groups excluding carboxylic acids is 1. The zero-order valence-corrected chi connectivity index (χ0v) is 13.2. The fourth-order valence-corrected chi connectivity index (χ4v) is 2.76. The Balaban J connectivity index is 2.51. The fraction of sp³-hybridized carbons (Fsp3) is 0.500. The van der Waals surface area contributed by atoms with E-state index < -0.39 is 41.2 Å². The van der Waals surface area contributed by atoms with Gasteiger partial charge in [-0.1, -0.05) is 6.92 Å². The molecule has 2 atom stereocenters. The summed E-state index contributed by atoms with van der Waals surface area (Å²) in [6.07, 6.45) is 0.172. The van der Waals surface area contributed by atoms with Gasteiger partial charge in [-0.15, -0.1) is 0 Å². The molecule has 1 heterocycles. The van der Waals surface area contributed by atoms with Crippen LogP contribution in [0.4, 0.5) is 8.78 Å². The van der Waals surface area contributed by atoms with Crippen LogP contribution in [0.3, 0.4) is 0 Å². The first-order chi connectivity index (χ1) is 10.7. The molecule has 1 aliphatic rings. The Morgan fingerprint density at radius 2 is 1.96 bits per heavy atom. The molecule has 0 radical (unpaired) electrons. The van der Waals surface area contributed by atoms with Crippen LogP contribution in [0.2, 0.25) is 0 Å². The molecule has 0 bridgehead atoms. The Morgan fingerprint density at radius 3 is 2.43 bits per heavy atom. The molecule has 1 fully saturated rings. The fourth-order valence-electron chi connectivity index (χ4n) is 2.76. The van der Waals surface area contributed by atoms with Gasteiger partial charge < -0.3 is 14.7 Å². The highest BCUT2D eigenvalue weighted by Crippen LogP contribution is 2.34. The van der Waals surface area contributed by atoms with E-state index in [1.807, 2.05) is 0 Å². The van der Waals surface area contributed by atoms with Crippen molar-refractivity contribution in [2.45, 2.75) is 44.9 Å². The molecule has 1 saturated heterocycles. The van der Waals surface area contributed by atoms with Crippen molar-refractivity contribution in [3.05, 3.63) is 35.4 Å². The van der Waals surface area contributed by atoms with Crippen LogP contribution in [0.25, 0.3) is 0 Å². The quantitative estimate of drug-likeness (QED) is 0.923. The van der Waals surface area contributed by atoms with Crippen molar-refractivity contribution < 1.29 is 28.2 Å². The summed E-state index contributed by atoms with van der Waals surface area (Å²) in [5.74, 6) is -3.27. The second kappa shape index (κ2) is 6.23. The van der Waals surface area contributed by atoms with Crippen molar-refractivity contribution in [2.24, 2.45) is 0 Å². The van der Waals surface area contributed by atoms with Gasteiger partial charge in [0, 0.05) is 6.07 Å². The van der Waals surface area contributed by atoms with E-state index in [0.717, 1.165) is 18.2 Å². The molecule has 7 heteroatoms. The lowest BCUT2D eigenvalue weighted by atomic mass is 9.95. The number of carboxylic acids is 1. The van der Waals surface area contributed by atoms with Gasteiger partial charge in [-0.25, -0.2) is 13.6 Å². The predicted octanol–water partition coefficient (Wildman–Crippen LogP) is 2.51. The molecule has 0 aromatic heterocycles. The van der Waals surface area contributed by atoms with Crippen LogP contribution in [-0.2, 0) is 14.3 Å². The van der Waals surface area contributed by atoms with Crippen molar-refractivity contribution in [2.75, 3.05) is 6.61 Å². The van der Waals surface area contributed by atoms with E-state index in [4.69, 9.17) is 4.74 Å². The maximum absolute atomic E-state index is 13.5. The zero-order valence-electron chi connectivity index (χ0n) is 13.2. The number of hydrogen-bond donors (Lipinski definition) is 1. The molecule has 1 unspecified atom stereocenters. The maximum atomic E-state index is 13.5. The van der Waals surface area contributed by atoms with E-state index in [0.29, 0.717) is 0 Å². The van der Waals surface area contributed by atoms with E-state index in [2.05, 4.69) is 0 Å². The minimum Gasteiger partial charge on any atom is -0.480 e. The van der Waals surface area contributed by atoms with Gasteiger partial charge in [0.2, 0.25) is 0 Å². The highest BCUT2D eigenvalue weighted by atomic mass is 19.1. The molecule has 1 amide bonds. The van der Waals surface area contributed by atoms with Crippen molar-refractivity contribution in [1.29, 1.82) is 0 Å². The van der Waals surface area contributed by atoms with Gasteiger partial charge in [-0.2, -0.15) is 0 Å². The lowest BCUT2D eigenvalue weighted by molar-refractivity contribution is -0.183. The van der Waals surface area contributed by atoms with Crippen LogP contribution in [0.1, 0.15) is 38.8 Å². The van der Waals surface area contributed by atoms with Gasteiger partial charge in [-0.05, 0) is 38.0 Å². The van der Waals surface area contributed by atoms with Crippen LogP contribution in [-0.4, -0.2) is 40.1 Å². The third-order valence-electron chi connectivity index (χ3n) is 3.96. The molecule has 0 aliphatic carbocycles. The van der Waals surface area contributed by atoms with Crippen molar-refractivity contribution in [3.8, 4) is 0 Å². The summed E-state index contributed by atoms with van der Waals surface area (Å²) in [4.78, 5) is 25.3. The van der Waals surface area contributed by atoms with Gasteiger partial charge in [0.05, 0.1) is 12.6 Å².